The molecule has 540 valence electrons. The molecule has 33 heteroatoms. The fourth-order valence-electron chi connectivity index (χ4n) is 9.41. The quantitative estimate of drug-likeness (QED) is 0.0311. The van der Waals surface area contributed by atoms with E-state index in [1.54, 1.807) is 69.2 Å². The molecule has 0 fully saturated rings. The fourth-order valence-corrected chi connectivity index (χ4v) is 9.41. The Kier molecular flexibility index (Phi) is 37.6. The summed E-state index contributed by atoms with van der Waals surface area (Å²) in [6.45, 7) is 19.2. The third-order valence-electron chi connectivity index (χ3n) is 15.9. The third kappa shape index (κ3) is 30.6. The topological polar surface area (TPSA) is 547 Å². The summed E-state index contributed by atoms with van der Waals surface area (Å²) in [5.74, 6) is -17.9. The maximum atomic E-state index is 14.3. The molecule has 0 saturated heterocycles. The maximum Gasteiger partial charge on any atom is 0.326 e. The van der Waals surface area contributed by atoms with Crippen molar-refractivity contribution in [1.29, 1.82) is 0 Å². The van der Waals surface area contributed by atoms with Crippen molar-refractivity contribution in [2.75, 3.05) is 6.54 Å². The first kappa shape index (κ1) is 85.0. The predicted molar refractivity (Wildman–Crippen MR) is 349 cm³/mol. The lowest BCUT2D eigenvalue weighted by Crippen LogP contribution is -2.61. The molecule has 0 aromatic heterocycles. The summed E-state index contributed by atoms with van der Waals surface area (Å²) in [6, 6.07) is -11.7. The molecule has 12 amide bonds. The van der Waals surface area contributed by atoms with Gasteiger partial charge in [-0.3, -0.25) is 67.1 Å². The van der Waals surface area contributed by atoms with Gasteiger partial charge in [-0.15, -0.1) is 0 Å². The van der Waals surface area contributed by atoms with Gasteiger partial charge in [0.15, 0.2) is 0 Å². The molecule has 1 aromatic carbocycles. The first-order valence-corrected chi connectivity index (χ1v) is 32.3. The minimum absolute atomic E-state index is 0.0185. The number of aliphatic carboxylic acids is 3. The number of aromatic hydroxyl groups is 1. The lowest BCUT2D eigenvalue weighted by atomic mass is 9.94. The molecule has 0 saturated carbocycles. The molecule has 0 heterocycles. The number of rotatable bonds is 45. The van der Waals surface area contributed by atoms with Crippen LogP contribution in [0.2, 0.25) is 0 Å². The highest BCUT2D eigenvalue weighted by Crippen LogP contribution is 2.17. The van der Waals surface area contributed by atoms with Gasteiger partial charge in [0.1, 0.15) is 72.2 Å². The van der Waals surface area contributed by atoms with E-state index in [1.807, 2.05) is 0 Å². The Morgan fingerprint density at radius 3 is 1.32 bits per heavy atom. The molecule has 1 rings (SSSR count). The lowest BCUT2D eigenvalue weighted by molar-refractivity contribution is -0.143. The van der Waals surface area contributed by atoms with Crippen LogP contribution in [0.15, 0.2) is 24.3 Å². The van der Waals surface area contributed by atoms with Crippen LogP contribution in [0.3, 0.4) is 0 Å². The van der Waals surface area contributed by atoms with Crippen LogP contribution in [-0.4, -0.2) is 188 Å². The Morgan fingerprint density at radius 1 is 0.427 bits per heavy atom. The minimum atomic E-state index is -1.66. The average Bonchev–Trinajstić information content (AvgIpc) is 0.901. The number of carboxylic acids is 3. The first-order valence-electron chi connectivity index (χ1n) is 32.3. The Bertz CT molecular complexity index is 2840. The third-order valence-corrected chi connectivity index (χ3v) is 15.9. The summed E-state index contributed by atoms with van der Waals surface area (Å²) in [6.07, 6.45) is -1.87. The Labute approximate surface area is 559 Å². The molecule has 0 aliphatic carbocycles. The second-order valence-electron chi connectivity index (χ2n) is 25.2. The van der Waals surface area contributed by atoms with Crippen LogP contribution in [0.25, 0.3) is 0 Å². The van der Waals surface area contributed by atoms with Crippen LogP contribution in [0.5, 0.6) is 5.75 Å². The zero-order chi connectivity index (χ0) is 73.4. The van der Waals surface area contributed by atoms with Gasteiger partial charge in [0, 0.05) is 19.3 Å². The number of carbonyl (C=O) groups is 15. The number of phenols is 1. The molecule has 96 heavy (non-hydrogen) atoms. The van der Waals surface area contributed by atoms with Crippen molar-refractivity contribution in [2.45, 2.75) is 233 Å². The molecule has 0 spiro atoms. The van der Waals surface area contributed by atoms with Crippen molar-refractivity contribution < 1.29 is 92.3 Å². The molecular formula is C63H104N14O19. The van der Waals surface area contributed by atoms with Crippen LogP contribution < -0.4 is 75.7 Å². The van der Waals surface area contributed by atoms with Crippen molar-refractivity contribution in [2.24, 2.45) is 46.8 Å². The molecule has 14 atom stereocenters. The smallest absolute Gasteiger partial charge is 0.326 e. The Hall–Kier alpha value is -9.01. The summed E-state index contributed by atoms with van der Waals surface area (Å²) in [4.78, 5) is 200. The number of primary amides is 1. The van der Waals surface area contributed by atoms with Gasteiger partial charge in [-0.05, 0) is 106 Å². The SMILES string of the molecule is CC[C@H](C)[C@H](NC(=O)[C@H](CCCCN)NC(=O)[C@H](CCC(=O)O)NC(=O)[C@H](C)NC(=O)[C@H](C)NC(=O)[C@H](Cc1ccc(O)cc1)NC(=O)[C@@H](NC(=O)[C@H](CC(C)C)NC(=O)[C@H](CC(=O)O)NC(=O)[C@@H](N)C(C)C)C(C)C)C(=O)N[C@H](C(=O)N[C@@H](CCC(N)=O)C(=O)O)[C@@H](C)CC. The highest BCUT2D eigenvalue weighted by Gasteiger charge is 2.39. The van der Waals surface area contributed by atoms with E-state index in [9.17, 15) is 92.3 Å². The number of amides is 12. The number of benzene rings is 1. The average molecular weight is 1360 g/mol. The maximum absolute atomic E-state index is 14.3. The molecule has 0 radical (unpaired) electrons. The Morgan fingerprint density at radius 2 is 0.833 bits per heavy atom. The van der Waals surface area contributed by atoms with Gasteiger partial charge in [-0.25, -0.2) is 4.79 Å². The van der Waals surface area contributed by atoms with Crippen molar-refractivity contribution in [1.82, 2.24) is 58.5 Å². The van der Waals surface area contributed by atoms with Crippen molar-refractivity contribution in [3.05, 3.63) is 29.8 Å². The van der Waals surface area contributed by atoms with Crippen LogP contribution in [0.1, 0.15) is 159 Å². The Balaban J connectivity index is 3.49. The van der Waals surface area contributed by atoms with E-state index in [-0.39, 0.29) is 62.7 Å². The molecule has 1 aromatic rings. The fraction of sp³-hybridized carbons (Fsp3) is 0.667. The number of unbranched alkanes of at least 4 members (excludes halogenated alkanes) is 1. The number of hydrogen-bond acceptors (Lipinski definition) is 18. The number of hydrogen-bond donors (Lipinski definition) is 18. The summed E-state index contributed by atoms with van der Waals surface area (Å²) < 4.78 is 0. The largest absolute Gasteiger partial charge is 0.508 e. The van der Waals surface area contributed by atoms with Crippen molar-refractivity contribution >= 4 is 88.8 Å². The van der Waals surface area contributed by atoms with Crippen molar-refractivity contribution in [3.63, 3.8) is 0 Å². The standard InChI is InChI=1S/C63H104N14O19/c1-13-33(9)50(61(93)71-41(63(95)96)22-24-45(65)79)77-62(94)51(34(10)14-2)76-55(87)39(17-15-16-26-64)70-54(86)40(23-25-46(80)81)69-53(85)36(12)67-52(84)35(11)68-56(88)43(28-37-18-20-38(78)21-19-37)74-60(92)49(32(7)8)75-58(90)42(27-30(3)4)72-57(89)44(29-47(82)83)73-59(91)48(66)31(5)6/h18-21,30-36,39-44,48-51,78H,13-17,22-29,64,66H2,1-12H3,(H2,65,79)(H,67,84)(H,68,88)(H,69,85)(H,70,86)(H,71,93)(H,72,89)(H,73,91)(H,74,92)(H,75,90)(H,76,87)(H,77,94)(H,80,81)(H,82,83)(H,95,96)/t33-,34-,35-,36-,39-,40-,41-,42-,43-,44-,48-,49-,50-,51-/m0/s1. The molecule has 0 bridgehead atoms. The van der Waals surface area contributed by atoms with Gasteiger partial charge in [-0.2, -0.15) is 0 Å². The summed E-state index contributed by atoms with van der Waals surface area (Å²) in [5.41, 5.74) is 17.3. The minimum Gasteiger partial charge on any atom is -0.508 e. The van der Waals surface area contributed by atoms with Gasteiger partial charge in [0.05, 0.1) is 12.5 Å². The van der Waals surface area contributed by atoms with E-state index in [4.69, 9.17) is 17.2 Å². The van der Waals surface area contributed by atoms with E-state index < -0.39 is 198 Å². The van der Waals surface area contributed by atoms with Crippen molar-refractivity contribution in [3.8, 4) is 5.75 Å². The highest BCUT2D eigenvalue weighted by atomic mass is 16.4. The molecular weight excluding hydrogens is 1260 g/mol. The number of phenolic OH excluding ortho intramolecular Hbond substituents is 1. The van der Waals surface area contributed by atoms with Gasteiger partial charge in [0.25, 0.3) is 0 Å². The summed E-state index contributed by atoms with van der Waals surface area (Å²) in [5, 5.41) is 66.4. The van der Waals surface area contributed by atoms with Gasteiger partial charge >= 0.3 is 17.9 Å². The molecule has 0 unspecified atom stereocenters. The van der Waals surface area contributed by atoms with E-state index >= 15 is 0 Å². The highest BCUT2D eigenvalue weighted by molar-refractivity contribution is 6.00. The van der Waals surface area contributed by atoms with Gasteiger partial charge < -0.3 is 96.1 Å². The van der Waals surface area contributed by atoms with Crippen LogP contribution in [0, 0.1) is 29.6 Å². The molecule has 0 aliphatic heterocycles. The van der Waals surface area contributed by atoms with E-state index in [2.05, 4.69) is 58.5 Å². The van der Waals surface area contributed by atoms with Crippen LogP contribution in [0.4, 0.5) is 0 Å². The molecule has 33 nitrogen and oxygen atoms in total. The zero-order valence-electron chi connectivity index (χ0n) is 57.0. The van der Waals surface area contributed by atoms with E-state index in [1.165, 1.54) is 38.1 Å². The zero-order valence-corrected chi connectivity index (χ0v) is 57.0. The van der Waals surface area contributed by atoms with Crippen LogP contribution in [-0.2, 0) is 78.3 Å². The molecule has 21 N–H and O–H groups in total. The number of nitrogens with one attached hydrogen (secondary N) is 11. The molecule has 0 aliphatic rings. The van der Waals surface area contributed by atoms with Gasteiger partial charge in [-0.1, -0.05) is 94.2 Å². The summed E-state index contributed by atoms with van der Waals surface area (Å²) in [7, 11) is 0. The number of nitrogens with two attached hydrogens (primary N) is 3. The summed E-state index contributed by atoms with van der Waals surface area (Å²) >= 11 is 0. The lowest BCUT2D eigenvalue weighted by Gasteiger charge is -2.31. The van der Waals surface area contributed by atoms with E-state index in [0.29, 0.717) is 24.8 Å². The van der Waals surface area contributed by atoms with Gasteiger partial charge in [0.2, 0.25) is 70.9 Å². The first-order chi connectivity index (χ1) is 44.8. The number of carboxylic acid groups (broad SMARTS) is 3. The van der Waals surface area contributed by atoms with E-state index in [0.717, 1.165) is 0 Å². The monoisotopic (exact) mass is 1360 g/mol. The second kappa shape index (κ2) is 42.4. The second-order valence-corrected chi connectivity index (χ2v) is 25.2. The predicted octanol–water partition coefficient (Wildman–Crippen LogP) is -2.10. The van der Waals surface area contributed by atoms with Crippen LogP contribution >= 0.6 is 0 Å². The normalized spacial score (nSPS) is 15.6. The number of carbonyl (C=O) groups excluding carboxylic acids is 12.